The maximum atomic E-state index is 13.5. The van der Waals surface area contributed by atoms with Gasteiger partial charge in [0.2, 0.25) is 0 Å². The Bertz CT molecular complexity index is 604. The van der Waals surface area contributed by atoms with Crippen LogP contribution in [0, 0.1) is 5.82 Å². The van der Waals surface area contributed by atoms with Crippen LogP contribution >= 0.6 is 15.9 Å². The van der Waals surface area contributed by atoms with Gasteiger partial charge in [-0.05, 0) is 58.7 Å². The van der Waals surface area contributed by atoms with Crippen LogP contribution in [0.5, 0.6) is 0 Å². The fourth-order valence-corrected chi connectivity index (χ4v) is 2.09. The third kappa shape index (κ3) is 3.42. The van der Waals surface area contributed by atoms with Gasteiger partial charge in [0.1, 0.15) is 5.82 Å². The number of benzene rings is 1. The topological polar surface area (TPSA) is 33.2 Å². The van der Waals surface area contributed by atoms with Crippen molar-refractivity contribution < 1.29 is 9.18 Å². The van der Waals surface area contributed by atoms with Gasteiger partial charge in [0.25, 0.3) is 5.91 Å². The van der Waals surface area contributed by atoms with E-state index >= 15 is 0 Å². The molecule has 1 amide bonds. The minimum Gasteiger partial charge on any atom is -0.335 e. The molecule has 5 heteroatoms. The zero-order chi connectivity index (χ0) is 14.5. The van der Waals surface area contributed by atoms with Crippen molar-refractivity contribution in [2.24, 2.45) is 0 Å². The van der Waals surface area contributed by atoms with Crippen LogP contribution in [0.4, 0.5) is 4.39 Å². The van der Waals surface area contributed by atoms with Crippen LogP contribution in [0.2, 0.25) is 0 Å². The zero-order valence-electron chi connectivity index (χ0n) is 11.0. The van der Waals surface area contributed by atoms with E-state index in [1.807, 2.05) is 19.1 Å². The Morgan fingerprint density at radius 2 is 2.00 bits per heavy atom. The fraction of sp³-hybridized carbons (Fsp3) is 0.200. The average molecular weight is 337 g/mol. The highest BCUT2D eigenvalue weighted by atomic mass is 79.9. The molecular weight excluding hydrogens is 323 g/mol. The van der Waals surface area contributed by atoms with Gasteiger partial charge in [0.05, 0.1) is 4.47 Å². The molecule has 0 saturated heterocycles. The number of hydrogen-bond donors (Lipinski definition) is 0. The zero-order valence-corrected chi connectivity index (χ0v) is 12.6. The number of hydrogen-bond acceptors (Lipinski definition) is 2. The van der Waals surface area contributed by atoms with Crippen molar-refractivity contribution in [3.8, 4) is 0 Å². The van der Waals surface area contributed by atoms with Crippen LogP contribution in [0.3, 0.4) is 0 Å². The number of amides is 1. The van der Waals surface area contributed by atoms with Gasteiger partial charge in [-0.2, -0.15) is 0 Å². The molecule has 1 heterocycles. The van der Waals surface area contributed by atoms with Gasteiger partial charge in [-0.25, -0.2) is 4.39 Å². The summed E-state index contributed by atoms with van der Waals surface area (Å²) in [5.41, 5.74) is 1.34. The van der Waals surface area contributed by atoms with Crippen molar-refractivity contribution in [1.29, 1.82) is 0 Å². The number of pyridine rings is 1. The first-order valence-corrected chi connectivity index (χ1v) is 7.04. The Labute approximate surface area is 125 Å². The third-order valence-electron chi connectivity index (χ3n) is 2.96. The van der Waals surface area contributed by atoms with E-state index in [-0.39, 0.29) is 5.91 Å². The summed E-state index contributed by atoms with van der Waals surface area (Å²) < 4.78 is 13.9. The van der Waals surface area contributed by atoms with Crippen LogP contribution in [-0.4, -0.2) is 22.3 Å². The van der Waals surface area contributed by atoms with E-state index in [9.17, 15) is 9.18 Å². The van der Waals surface area contributed by atoms with Crippen molar-refractivity contribution in [3.05, 3.63) is 64.1 Å². The molecule has 0 fully saturated rings. The van der Waals surface area contributed by atoms with E-state index < -0.39 is 5.82 Å². The van der Waals surface area contributed by atoms with Gasteiger partial charge in [0.15, 0.2) is 0 Å². The summed E-state index contributed by atoms with van der Waals surface area (Å²) in [5.74, 6) is -0.619. The predicted octanol–water partition coefficient (Wildman–Crippen LogP) is 3.65. The van der Waals surface area contributed by atoms with Crippen LogP contribution in [0.1, 0.15) is 22.8 Å². The summed E-state index contributed by atoms with van der Waals surface area (Å²) in [7, 11) is 0. The number of carbonyl (C=O) groups is 1. The molecule has 0 bridgehead atoms. The summed E-state index contributed by atoms with van der Waals surface area (Å²) in [6.07, 6.45) is 3.37. The molecule has 104 valence electrons. The Balaban J connectivity index is 2.18. The highest BCUT2D eigenvalue weighted by molar-refractivity contribution is 9.10. The SMILES string of the molecule is CCN(Cc1ccncc1)C(=O)c1ccc(Br)c(F)c1. The van der Waals surface area contributed by atoms with E-state index in [1.54, 1.807) is 29.4 Å². The maximum absolute atomic E-state index is 13.5. The van der Waals surface area contributed by atoms with E-state index in [0.29, 0.717) is 23.1 Å². The minimum absolute atomic E-state index is 0.185. The van der Waals surface area contributed by atoms with Crippen molar-refractivity contribution in [1.82, 2.24) is 9.88 Å². The van der Waals surface area contributed by atoms with E-state index in [1.165, 1.54) is 6.07 Å². The summed E-state index contributed by atoms with van der Waals surface area (Å²) in [6, 6.07) is 8.13. The first-order chi connectivity index (χ1) is 9.61. The van der Waals surface area contributed by atoms with Gasteiger partial charge in [-0.1, -0.05) is 0 Å². The standard InChI is InChI=1S/C15H14BrFN2O/c1-2-19(10-11-5-7-18-8-6-11)15(20)12-3-4-13(16)14(17)9-12/h3-9H,2,10H2,1H3. The number of aromatic nitrogens is 1. The highest BCUT2D eigenvalue weighted by Crippen LogP contribution is 2.18. The maximum Gasteiger partial charge on any atom is 0.254 e. The molecular formula is C15H14BrFN2O. The molecule has 0 aliphatic heterocycles. The lowest BCUT2D eigenvalue weighted by atomic mass is 10.1. The van der Waals surface area contributed by atoms with Crippen molar-refractivity contribution in [3.63, 3.8) is 0 Å². The molecule has 2 rings (SSSR count). The first-order valence-electron chi connectivity index (χ1n) is 6.25. The Kier molecular flexibility index (Phi) is 4.84. The first kappa shape index (κ1) is 14.7. The van der Waals surface area contributed by atoms with Gasteiger partial charge >= 0.3 is 0 Å². The Hall–Kier alpha value is -1.75. The van der Waals surface area contributed by atoms with Crippen LogP contribution in [0.25, 0.3) is 0 Å². The summed E-state index contributed by atoms with van der Waals surface area (Å²) in [5, 5.41) is 0. The minimum atomic E-state index is -0.434. The molecule has 0 saturated carbocycles. The largest absolute Gasteiger partial charge is 0.335 e. The third-order valence-corrected chi connectivity index (χ3v) is 3.60. The van der Waals surface area contributed by atoms with Gasteiger partial charge < -0.3 is 4.90 Å². The average Bonchev–Trinajstić information content (AvgIpc) is 2.48. The monoisotopic (exact) mass is 336 g/mol. The molecule has 2 aromatic rings. The fourth-order valence-electron chi connectivity index (χ4n) is 1.85. The molecule has 0 N–H and O–H groups in total. The van der Waals surface area contributed by atoms with Crippen molar-refractivity contribution >= 4 is 21.8 Å². The second-order valence-electron chi connectivity index (χ2n) is 4.30. The molecule has 0 spiro atoms. The molecule has 0 atom stereocenters. The van der Waals surface area contributed by atoms with Gasteiger partial charge in [0, 0.05) is 31.0 Å². The molecule has 1 aromatic heterocycles. The summed E-state index contributed by atoms with van der Waals surface area (Å²) >= 11 is 3.08. The summed E-state index contributed by atoms with van der Waals surface area (Å²) in [4.78, 5) is 18.0. The van der Waals surface area contributed by atoms with Gasteiger partial charge in [-0.3, -0.25) is 9.78 Å². The number of nitrogens with zero attached hydrogens (tertiary/aromatic N) is 2. The molecule has 3 nitrogen and oxygen atoms in total. The molecule has 0 aliphatic carbocycles. The quantitative estimate of drug-likeness (QED) is 0.853. The lowest BCUT2D eigenvalue weighted by Gasteiger charge is -2.21. The highest BCUT2D eigenvalue weighted by Gasteiger charge is 2.15. The lowest BCUT2D eigenvalue weighted by Crippen LogP contribution is -2.30. The lowest BCUT2D eigenvalue weighted by molar-refractivity contribution is 0.0752. The predicted molar refractivity (Wildman–Crippen MR) is 78.8 cm³/mol. The van der Waals surface area contributed by atoms with E-state index in [0.717, 1.165) is 5.56 Å². The second kappa shape index (κ2) is 6.61. The van der Waals surface area contributed by atoms with E-state index in [2.05, 4.69) is 20.9 Å². The van der Waals surface area contributed by atoms with Crippen LogP contribution in [-0.2, 0) is 6.54 Å². The second-order valence-corrected chi connectivity index (χ2v) is 5.16. The normalized spacial score (nSPS) is 10.3. The molecule has 0 unspecified atom stereocenters. The van der Waals surface area contributed by atoms with Crippen molar-refractivity contribution in [2.45, 2.75) is 13.5 Å². The molecule has 1 aromatic carbocycles. The van der Waals surface area contributed by atoms with Crippen LogP contribution in [0.15, 0.2) is 47.2 Å². The number of rotatable bonds is 4. The molecule has 0 aliphatic rings. The van der Waals surface area contributed by atoms with Gasteiger partial charge in [-0.15, -0.1) is 0 Å². The van der Waals surface area contributed by atoms with Crippen molar-refractivity contribution in [2.75, 3.05) is 6.54 Å². The summed E-state index contributed by atoms with van der Waals surface area (Å²) in [6.45, 7) is 2.93. The molecule has 20 heavy (non-hydrogen) atoms. The smallest absolute Gasteiger partial charge is 0.254 e. The Morgan fingerprint density at radius 3 is 2.60 bits per heavy atom. The Morgan fingerprint density at radius 1 is 1.30 bits per heavy atom. The van der Waals surface area contributed by atoms with Crippen LogP contribution < -0.4 is 0 Å². The number of halogens is 2. The molecule has 0 radical (unpaired) electrons. The van der Waals surface area contributed by atoms with E-state index in [4.69, 9.17) is 0 Å². The number of carbonyl (C=O) groups excluding carboxylic acids is 1.